The Morgan fingerprint density at radius 1 is 0.475 bits per heavy atom. The number of hydrogen-bond donors (Lipinski definition) is 2. The molecule has 4 nitrogen and oxygen atoms in total. The van der Waals surface area contributed by atoms with E-state index in [0.717, 1.165) is 32.7 Å². The van der Waals surface area contributed by atoms with Gasteiger partial charge in [0, 0.05) is 34.7 Å². The van der Waals surface area contributed by atoms with E-state index in [9.17, 15) is 10.2 Å². The molecule has 6 aromatic carbocycles. The standard InChI is InChI=1S/C34H22Cl2N2O2/c35-27-13-5-9-23(33(27)39)19-37-29-17-15-21-7-1-3-11-25(21)31(29)32-26-12-4-2-8-22(26)16-18-30(32)38-20-24-10-6-14-28(36)34(24)40/h1-20,39-40H. The average Bonchev–Trinajstić information content (AvgIpc) is 2.98. The highest BCUT2D eigenvalue weighted by Gasteiger charge is 2.17. The fraction of sp³-hybridized carbons (Fsp3) is 0. The second-order valence-electron chi connectivity index (χ2n) is 9.23. The fourth-order valence-corrected chi connectivity index (χ4v) is 5.17. The van der Waals surface area contributed by atoms with Crippen molar-refractivity contribution in [1.82, 2.24) is 0 Å². The Morgan fingerprint density at radius 2 is 0.900 bits per heavy atom. The molecule has 6 rings (SSSR count). The molecule has 0 aliphatic heterocycles. The number of para-hydroxylation sites is 2. The maximum absolute atomic E-state index is 10.5. The number of phenolic OH excluding ortho intramolecular Hbond substituents is 2. The summed E-state index contributed by atoms with van der Waals surface area (Å²) in [4.78, 5) is 9.69. The van der Waals surface area contributed by atoms with Crippen molar-refractivity contribution in [2.45, 2.75) is 0 Å². The third-order valence-electron chi connectivity index (χ3n) is 6.79. The maximum Gasteiger partial charge on any atom is 0.142 e. The van der Waals surface area contributed by atoms with E-state index in [1.54, 1.807) is 48.8 Å². The minimum absolute atomic E-state index is 0.0213. The molecule has 0 unspecified atom stereocenters. The molecular formula is C34H22Cl2N2O2. The second kappa shape index (κ2) is 10.9. The minimum Gasteiger partial charge on any atom is -0.506 e. The van der Waals surface area contributed by atoms with Crippen molar-refractivity contribution in [2.75, 3.05) is 0 Å². The summed E-state index contributed by atoms with van der Waals surface area (Å²) < 4.78 is 0. The molecule has 40 heavy (non-hydrogen) atoms. The van der Waals surface area contributed by atoms with E-state index in [0.29, 0.717) is 22.5 Å². The van der Waals surface area contributed by atoms with Gasteiger partial charge in [-0.2, -0.15) is 0 Å². The number of aromatic hydroxyl groups is 2. The van der Waals surface area contributed by atoms with E-state index < -0.39 is 0 Å². The predicted octanol–water partition coefficient (Wildman–Crippen LogP) is 9.88. The minimum atomic E-state index is -0.0213. The van der Waals surface area contributed by atoms with Crippen LogP contribution >= 0.6 is 23.2 Å². The topological polar surface area (TPSA) is 65.2 Å². The number of aliphatic imine (C=N–C) groups is 2. The molecule has 0 bridgehead atoms. The lowest BCUT2D eigenvalue weighted by atomic mass is 9.91. The van der Waals surface area contributed by atoms with Crippen molar-refractivity contribution < 1.29 is 10.2 Å². The number of fused-ring (bicyclic) bond motifs is 2. The van der Waals surface area contributed by atoms with Crippen LogP contribution in [0, 0.1) is 0 Å². The highest BCUT2D eigenvalue weighted by atomic mass is 35.5. The molecule has 0 aliphatic rings. The molecule has 194 valence electrons. The van der Waals surface area contributed by atoms with E-state index >= 15 is 0 Å². The molecule has 0 fully saturated rings. The average molecular weight is 561 g/mol. The van der Waals surface area contributed by atoms with Gasteiger partial charge in [0.25, 0.3) is 0 Å². The van der Waals surface area contributed by atoms with Gasteiger partial charge in [-0.3, -0.25) is 9.98 Å². The van der Waals surface area contributed by atoms with E-state index in [-0.39, 0.29) is 21.5 Å². The van der Waals surface area contributed by atoms with Crippen molar-refractivity contribution >= 4 is 68.6 Å². The van der Waals surface area contributed by atoms with Crippen molar-refractivity contribution in [1.29, 1.82) is 0 Å². The zero-order chi connectivity index (χ0) is 27.6. The Labute approximate surface area is 241 Å². The van der Waals surface area contributed by atoms with E-state index in [2.05, 4.69) is 24.3 Å². The molecule has 0 saturated carbocycles. The molecule has 6 heteroatoms. The van der Waals surface area contributed by atoms with Crippen LogP contribution in [0.3, 0.4) is 0 Å². The van der Waals surface area contributed by atoms with Crippen LogP contribution in [0.5, 0.6) is 11.5 Å². The van der Waals surface area contributed by atoms with Crippen molar-refractivity contribution in [3.63, 3.8) is 0 Å². The van der Waals surface area contributed by atoms with Gasteiger partial charge in [-0.25, -0.2) is 0 Å². The summed E-state index contributed by atoms with van der Waals surface area (Å²) in [6, 6.07) is 34.6. The first-order chi connectivity index (χ1) is 19.5. The number of phenols is 2. The normalized spacial score (nSPS) is 11.8. The van der Waals surface area contributed by atoms with Crippen LogP contribution in [0.25, 0.3) is 32.7 Å². The molecular weight excluding hydrogens is 539 g/mol. The van der Waals surface area contributed by atoms with E-state index in [1.807, 2.05) is 48.5 Å². The Kier molecular flexibility index (Phi) is 6.95. The monoisotopic (exact) mass is 560 g/mol. The number of hydrogen-bond acceptors (Lipinski definition) is 4. The largest absolute Gasteiger partial charge is 0.506 e. The predicted molar refractivity (Wildman–Crippen MR) is 168 cm³/mol. The summed E-state index contributed by atoms with van der Waals surface area (Å²) in [5.74, 6) is -0.0425. The van der Waals surface area contributed by atoms with Crippen LogP contribution in [-0.2, 0) is 0 Å². The summed E-state index contributed by atoms with van der Waals surface area (Å²) in [6.45, 7) is 0. The molecule has 0 aromatic heterocycles. The summed E-state index contributed by atoms with van der Waals surface area (Å²) in [5, 5.41) is 25.6. The van der Waals surface area contributed by atoms with Gasteiger partial charge in [-0.15, -0.1) is 0 Å². The van der Waals surface area contributed by atoms with Gasteiger partial charge in [0.05, 0.1) is 21.4 Å². The quantitative estimate of drug-likeness (QED) is 0.206. The Morgan fingerprint density at radius 3 is 1.35 bits per heavy atom. The lowest BCUT2D eigenvalue weighted by Gasteiger charge is -2.16. The summed E-state index contributed by atoms with van der Waals surface area (Å²) >= 11 is 12.3. The summed E-state index contributed by atoms with van der Waals surface area (Å²) in [6.07, 6.45) is 3.24. The Hall–Kier alpha value is -4.64. The highest BCUT2D eigenvalue weighted by Crippen LogP contribution is 2.45. The van der Waals surface area contributed by atoms with Crippen molar-refractivity contribution in [3.05, 3.63) is 130 Å². The smallest absolute Gasteiger partial charge is 0.142 e. The SMILES string of the molecule is Oc1c(Cl)cccc1C=Nc1ccc2ccccc2c1-c1c(N=Cc2cccc(Cl)c2O)ccc2ccccc12. The first-order valence-corrected chi connectivity index (χ1v) is 13.3. The molecule has 2 N–H and O–H groups in total. The molecule has 0 heterocycles. The van der Waals surface area contributed by atoms with Crippen LogP contribution in [0.4, 0.5) is 11.4 Å². The maximum atomic E-state index is 10.5. The first kappa shape index (κ1) is 25.6. The number of rotatable bonds is 5. The zero-order valence-electron chi connectivity index (χ0n) is 21.1. The van der Waals surface area contributed by atoms with Gasteiger partial charge in [0.1, 0.15) is 11.5 Å². The third-order valence-corrected chi connectivity index (χ3v) is 7.40. The number of benzene rings is 6. The van der Waals surface area contributed by atoms with E-state index in [4.69, 9.17) is 33.2 Å². The van der Waals surface area contributed by atoms with E-state index in [1.165, 1.54) is 0 Å². The Balaban J connectivity index is 1.63. The summed E-state index contributed by atoms with van der Waals surface area (Å²) in [7, 11) is 0. The van der Waals surface area contributed by atoms with Gasteiger partial charge in [-0.1, -0.05) is 96.0 Å². The summed E-state index contributed by atoms with van der Waals surface area (Å²) in [5.41, 5.74) is 4.23. The molecule has 0 aliphatic carbocycles. The third kappa shape index (κ3) is 4.79. The van der Waals surface area contributed by atoms with Crippen LogP contribution in [0.15, 0.2) is 119 Å². The number of nitrogens with zero attached hydrogens (tertiary/aromatic N) is 2. The van der Waals surface area contributed by atoms with Crippen molar-refractivity contribution in [3.8, 4) is 22.6 Å². The molecule has 0 atom stereocenters. The lowest BCUT2D eigenvalue weighted by Crippen LogP contribution is -1.89. The lowest BCUT2D eigenvalue weighted by molar-refractivity contribution is 0.474. The molecule has 0 amide bonds. The molecule has 6 aromatic rings. The fourth-order valence-electron chi connectivity index (χ4n) is 4.81. The van der Waals surface area contributed by atoms with Gasteiger partial charge >= 0.3 is 0 Å². The van der Waals surface area contributed by atoms with Gasteiger partial charge in [0.15, 0.2) is 0 Å². The first-order valence-electron chi connectivity index (χ1n) is 12.6. The van der Waals surface area contributed by atoms with Crippen molar-refractivity contribution in [2.24, 2.45) is 9.98 Å². The van der Waals surface area contributed by atoms with Crippen LogP contribution in [-0.4, -0.2) is 22.6 Å². The van der Waals surface area contributed by atoms with Gasteiger partial charge < -0.3 is 10.2 Å². The Bertz CT molecular complexity index is 1820. The number of halogens is 2. The second-order valence-corrected chi connectivity index (χ2v) is 10.0. The molecule has 0 spiro atoms. The van der Waals surface area contributed by atoms with Crippen LogP contribution in [0.1, 0.15) is 11.1 Å². The molecule has 0 radical (unpaired) electrons. The highest BCUT2D eigenvalue weighted by molar-refractivity contribution is 6.32. The van der Waals surface area contributed by atoms with Gasteiger partial charge in [-0.05, 0) is 57.9 Å². The molecule has 0 saturated heterocycles. The zero-order valence-corrected chi connectivity index (χ0v) is 22.6. The van der Waals surface area contributed by atoms with Crippen LogP contribution < -0.4 is 0 Å². The van der Waals surface area contributed by atoms with Gasteiger partial charge in [0.2, 0.25) is 0 Å². The van der Waals surface area contributed by atoms with Crippen LogP contribution in [0.2, 0.25) is 10.0 Å².